The maximum atomic E-state index is 10.4. The van der Waals surface area contributed by atoms with E-state index >= 15 is 0 Å². The lowest BCUT2D eigenvalue weighted by Gasteiger charge is -1.95. The van der Waals surface area contributed by atoms with Crippen LogP contribution < -0.4 is 0 Å². The normalized spacial score (nSPS) is 11.1. The highest BCUT2D eigenvalue weighted by Crippen LogP contribution is 2.04. The highest BCUT2D eigenvalue weighted by molar-refractivity contribution is 6.69. The second-order valence-electron chi connectivity index (χ2n) is 2.33. The molecule has 0 aliphatic rings. The van der Waals surface area contributed by atoms with Crippen LogP contribution in [0.1, 0.15) is 12.5 Å². The summed E-state index contributed by atoms with van der Waals surface area (Å²) in [5.41, 5.74) is 0.713. The second-order valence-corrected chi connectivity index (χ2v) is 2.69. The van der Waals surface area contributed by atoms with Crippen LogP contribution >= 0.6 is 11.6 Å². The van der Waals surface area contributed by atoms with E-state index in [-0.39, 0.29) is 5.17 Å². The molecule has 0 radical (unpaired) electrons. The smallest absolute Gasteiger partial charge is 0.317 e. The van der Waals surface area contributed by atoms with Gasteiger partial charge in [0.25, 0.3) is 0 Å². The molecule has 0 fully saturated rings. The summed E-state index contributed by atoms with van der Waals surface area (Å²) >= 11 is 5.72. The first-order valence-electron chi connectivity index (χ1n) is 3.66. The molecule has 0 saturated heterocycles. The standard InChI is InChI=1S/C9H8ClNO2/c1-7(12)13-11-9(10)8-5-3-2-4-6-8/h2-6H,1H3/b11-9-. The Morgan fingerprint density at radius 2 is 2.00 bits per heavy atom. The van der Waals surface area contributed by atoms with Crippen molar-refractivity contribution in [2.24, 2.45) is 5.16 Å². The largest absolute Gasteiger partial charge is 0.332 e. The number of carbonyl (C=O) groups is 1. The van der Waals surface area contributed by atoms with E-state index in [1.807, 2.05) is 18.2 Å². The molecule has 0 aliphatic heterocycles. The number of benzene rings is 1. The fourth-order valence-corrected chi connectivity index (χ4v) is 0.893. The van der Waals surface area contributed by atoms with Crippen molar-refractivity contribution >= 4 is 22.7 Å². The monoisotopic (exact) mass is 197 g/mol. The van der Waals surface area contributed by atoms with Gasteiger partial charge in [-0.2, -0.15) is 0 Å². The zero-order valence-corrected chi connectivity index (χ0v) is 7.78. The Morgan fingerprint density at radius 1 is 1.38 bits per heavy atom. The Bertz CT molecular complexity index is 322. The first kappa shape index (κ1) is 9.74. The SMILES string of the molecule is CC(=O)O/N=C(\Cl)c1ccccc1. The lowest BCUT2D eigenvalue weighted by atomic mass is 10.2. The molecule has 68 valence electrons. The first-order valence-corrected chi connectivity index (χ1v) is 4.04. The van der Waals surface area contributed by atoms with Crippen LogP contribution in [0.5, 0.6) is 0 Å². The minimum atomic E-state index is -0.492. The Kier molecular flexibility index (Phi) is 3.46. The van der Waals surface area contributed by atoms with Gasteiger partial charge >= 0.3 is 5.97 Å². The van der Waals surface area contributed by atoms with Crippen LogP contribution in [0, 0.1) is 0 Å². The molecule has 0 unspecified atom stereocenters. The van der Waals surface area contributed by atoms with E-state index in [0.29, 0.717) is 5.56 Å². The van der Waals surface area contributed by atoms with Gasteiger partial charge in [0, 0.05) is 12.5 Å². The predicted molar refractivity (Wildman–Crippen MR) is 50.6 cm³/mol. The second kappa shape index (κ2) is 4.62. The molecular formula is C9H8ClNO2. The van der Waals surface area contributed by atoms with Crippen molar-refractivity contribution < 1.29 is 9.63 Å². The molecule has 0 atom stereocenters. The average molecular weight is 198 g/mol. The molecule has 0 saturated carbocycles. The maximum absolute atomic E-state index is 10.4. The summed E-state index contributed by atoms with van der Waals surface area (Å²) in [6.45, 7) is 1.26. The molecule has 1 aromatic rings. The van der Waals surface area contributed by atoms with Crippen LogP contribution in [-0.4, -0.2) is 11.1 Å². The lowest BCUT2D eigenvalue weighted by Crippen LogP contribution is -1.96. The third-order valence-electron chi connectivity index (χ3n) is 1.27. The molecule has 1 aromatic carbocycles. The number of nitrogens with zero attached hydrogens (tertiary/aromatic N) is 1. The quantitative estimate of drug-likeness (QED) is 0.414. The summed E-state index contributed by atoms with van der Waals surface area (Å²) in [5, 5.41) is 3.59. The fourth-order valence-electron chi connectivity index (χ4n) is 0.733. The Morgan fingerprint density at radius 3 is 2.54 bits per heavy atom. The van der Waals surface area contributed by atoms with Crippen molar-refractivity contribution in [3.8, 4) is 0 Å². The summed E-state index contributed by atoms with van der Waals surface area (Å²) < 4.78 is 0. The molecule has 0 aliphatic carbocycles. The molecule has 0 heterocycles. The van der Waals surface area contributed by atoms with Gasteiger partial charge < -0.3 is 4.84 Å². The van der Waals surface area contributed by atoms with Crippen molar-refractivity contribution in [1.82, 2.24) is 0 Å². The van der Waals surface area contributed by atoms with Crippen molar-refractivity contribution in [3.05, 3.63) is 35.9 Å². The van der Waals surface area contributed by atoms with Crippen molar-refractivity contribution in [3.63, 3.8) is 0 Å². The van der Waals surface area contributed by atoms with Crippen molar-refractivity contribution in [1.29, 1.82) is 0 Å². The molecule has 0 amide bonds. The average Bonchev–Trinajstić information content (AvgIpc) is 2.15. The van der Waals surface area contributed by atoms with E-state index in [2.05, 4.69) is 9.99 Å². The summed E-state index contributed by atoms with van der Waals surface area (Å²) in [4.78, 5) is 14.8. The van der Waals surface area contributed by atoms with Gasteiger partial charge in [0.05, 0.1) is 0 Å². The minimum absolute atomic E-state index is 0.163. The number of hydrogen-bond donors (Lipinski definition) is 0. The van der Waals surface area contributed by atoms with Gasteiger partial charge in [0.2, 0.25) is 0 Å². The third kappa shape index (κ3) is 3.25. The van der Waals surface area contributed by atoms with E-state index < -0.39 is 5.97 Å². The summed E-state index contributed by atoms with van der Waals surface area (Å²) in [7, 11) is 0. The van der Waals surface area contributed by atoms with E-state index in [4.69, 9.17) is 11.6 Å². The predicted octanol–water partition coefficient (Wildman–Crippen LogP) is 2.15. The number of oxime groups is 1. The van der Waals surface area contributed by atoms with Gasteiger partial charge in [0.1, 0.15) is 0 Å². The molecule has 0 N–H and O–H groups in total. The Labute approximate surface area is 81.0 Å². The van der Waals surface area contributed by atoms with Gasteiger partial charge in [-0.1, -0.05) is 47.1 Å². The summed E-state index contributed by atoms with van der Waals surface area (Å²) in [5.74, 6) is -0.492. The zero-order chi connectivity index (χ0) is 9.68. The van der Waals surface area contributed by atoms with Crippen molar-refractivity contribution in [2.75, 3.05) is 0 Å². The fraction of sp³-hybridized carbons (Fsp3) is 0.111. The minimum Gasteiger partial charge on any atom is -0.317 e. The Hall–Kier alpha value is -1.35. The molecule has 0 bridgehead atoms. The van der Waals surface area contributed by atoms with Gasteiger partial charge in [-0.25, -0.2) is 4.79 Å². The molecular weight excluding hydrogens is 190 g/mol. The van der Waals surface area contributed by atoms with Crippen molar-refractivity contribution in [2.45, 2.75) is 6.92 Å². The van der Waals surface area contributed by atoms with Crippen LogP contribution in [0.3, 0.4) is 0 Å². The zero-order valence-electron chi connectivity index (χ0n) is 7.03. The van der Waals surface area contributed by atoms with Crippen LogP contribution in [-0.2, 0) is 9.63 Å². The topological polar surface area (TPSA) is 38.7 Å². The summed E-state index contributed by atoms with van der Waals surface area (Å²) in [6.07, 6.45) is 0. The Balaban J connectivity index is 2.73. The summed E-state index contributed by atoms with van der Waals surface area (Å²) in [6, 6.07) is 9.05. The van der Waals surface area contributed by atoms with Gasteiger partial charge in [-0.3, -0.25) is 0 Å². The number of hydrogen-bond acceptors (Lipinski definition) is 3. The van der Waals surface area contributed by atoms with Gasteiger partial charge in [-0.15, -0.1) is 0 Å². The first-order chi connectivity index (χ1) is 6.20. The third-order valence-corrected chi connectivity index (χ3v) is 1.55. The molecule has 1 rings (SSSR count). The van der Waals surface area contributed by atoms with Crippen LogP contribution in [0.25, 0.3) is 0 Å². The molecule has 0 aromatic heterocycles. The van der Waals surface area contributed by atoms with E-state index in [1.54, 1.807) is 12.1 Å². The molecule has 4 heteroatoms. The molecule has 0 spiro atoms. The number of carbonyl (C=O) groups excluding carboxylic acids is 1. The highest BCUT2D eigenvalue weighted by Gasteiger charge is 1.99. The van der Waals surface area contributed by atoms with Crippen LogP contribution in [0.2, 0.25) is 0 Å². The number of halogens is 1. The lowest BCUT2D eigenvalue weighted by molar-refractivity contribution is -0.140. The van der Waals surface area contributed by atoms with Crippen LogP contribution in [0.4, 0.5) is 0 Å². The highest BCUT2D eigenvalue weighted by atomic mass is 35.5. The van der Waals surface area contributed by atoms with E-state index in [0.717, 1.165) is 0 Å². The van der Waals surface area contributed by atoms with Gasteiger partial charge in [-0.05, 0) is 0 Å². The van der Waals surface area contributed by atoms with Gasteiger partial charge in [0.15, 0.2) is 5.17 Å². The molecule has 3 nitrogen and oxygen atoms in total. The maximum Gasteiger partial charge on any atom is 0.332 e. The van der Waals surface area contributed by atoms with Crippen LogP contribution in [0.15, 0.2) is 35.5 Å². The van der Waals surface area contributed by atoms with E-state index in [9.17, 15) is 4.79 Å². The molecule has 13 heavy (non-hydrogen) atoms. The number of rotatable bonds is 2. The van der Waals surface area contributed by atoms with E-state index in [1.165, 1.54) is 6.92 Å².